The Bertz CT molecular complexity index is 422. The number of methoxy groups -OCH3 is 1. The second-order valence-electron chi connectivity index (χ2n) is 2.75. The number of ether oxygens (including phenoxy) is 1. The smallest absolute Gasteiger partial charge is 0.240 e. The number of fused-ring (bicyclic) bond motifs is 1. The molecule has 4 nitrogen and oxygen atoms in total. The summed E-state index contributed by atoms with van der Waals surface area (Å²) in [6, 6.07) is 0. The minimum Gasteiger partial charge on any atom is -0.479 e. The molecule has 0 fully saturated rings. The maximum absolute atomic E-state index is 5.16. The SMILES string of the molecule is CCc1cnn2ccnc(OC)c12. The highest BCUT2D eigenvalue weighted by atomic mass is 16.5. The number of hydrogen-bond donors (Lipinski definition) is 0. The summed E-state index contributed by atoms with van der Waals surface area (Å²) in [4.78, 5) is 4.12. The van der Waals surface area contributed by atoms with Crippen LogP contribution < -0.4 is 4.74 Å². The van der Waals surface area contributed by atoms with E-state index in [1.165, 1.54) is 0 Å². The summed E-state index contributed by atoms with van der Waals surface area (Å²) < 4.78 is 6.94. The number of aryl methyl sites for hydroxylation is 1. The highest BCUT2D eigenvalue weighted by Crippen LogP contribution is 2.19. The third-order valence-corrected chi connectivity index (χ3v) is 2.05. The summed E-state index contributed by atoms with van der Waals surface area (Å²) in [7, 11) is 1.62. The maximum atomic E-state index is 5.16. The van der Waals surface area contributed by atoms with E-state index in [1.54, 1.807) is 17.8 Å². The van der Waals surface area contributed by atoms with E-state index in [-0.39, 0.29) is 0 Å². The molecule has 13 heavy (non-hydrogen) atoms. The van der Waals surface area contributed by atoms with Crippen molar-refractivity contribution >= 4 is 5.52 Å². The molecule has 0 saturated heterocycles. The van der Waals surface area contributed by atoms with Gasteiger partial charge in [0, 0.05) is 18.0 Å². The van der Waals surface area contributed by atoms with Crippen molar-refractivity contribution < 1.29 is 4.74 Å². The van der Waals surface area contributed by atoms with E-state index in [0.717, 1.165) is 17.5 Å². The summed E-state index contributed by atoms with van der Waals surface area (Å²) in [6.45, 7) is 2.09. The van der Waals surface area contributed by atoms with Gasteiger partial charge in [-0.15, -0.1) is 0 Å². The summed E-state index contributed by atoms with van der Waals surface area (Å²) in [5.41, 5.74) is 2.12. The summed E-state index contributed by atoms with van der Waals surface area (Å²) in [6.07, 6.45) is 6.28. The monoisotopic (exact) mass is 177 g/mol. The minimum atomic E-state index is 0.636. The van der Waals surface area contributed by atoms with Crippen molar-refractivity contribution in [1.29, 1.82) is 0 Å². The van der Waals surface area contributed by atoms with Crippen LogP contribution in [0.1, 0.15) is 12.5 Å². The van der Waals surface area contributed by atoms with Crippen LogP contribution in [0, 0.1) is 0 Å². The molecule has 0 spiro atoms. The van der Waals surface area contributed by atoms with E-state index in [9.17, 15) is 0 Å². The quantitative estimate of drug-likeness (QED) is 0.694. The van der Waals surface area contributed by atoms with Crippen molar-refractivity contribution in [3.05, 3.63) is 24.2 Å². The van der Waals surface area contributed by atoms with Crippen LogP contribution in [0.25, 0.3) is 5.52 Å². The molecular formula is C9H11N3O. The largest absolute Gasteiger partial charge is 0.479 e. The predicted molar refractivity (Wildman–Crippen MR) is 48.9 cm³/mol. The van der Waals surface area contributed by atoms with Crippen molar-refractivity contribution in [1.82, 2.24) is 14.6 Å². The normalized spacial score (nSPS) is 10.6. The second-order valence-corrected chi connectivity index (χ2v) is 2.75. The van der Waals surface area contributed by atoms with Crippen LogP contribution in [0.4, 0.5) is 0 Å². The first-order valence-electron chi connectivity index (χ1n) is 4.22. The molecule has 0 N–H and O–H groups in total. The van der Waals surface area contributed by atoms with Gasteiger partial charge in [0.1, 0.15) is 5.52 Å². The molecular weight excluding hydrogens is 166 g/mol. The number of nitrogens with zero attached hydrogens (tertiary/aromatic N) is 3. The Labute approximate surface area is 76.2 Å². The lowest BCUT2D eigenvalue weighted by Gasteiger charge is -2.01. The van der Waals surface area contributed by atoms with Gasteiger partial charge < -0.3 is 4.74 Å². The van der Waals surface area contributed by atoms with Crippen LogP contribution in [-0.4, -0.2) is 21.7 Å². The van der Waals surface area contributed by atoms with E-state index in [1.807, 2.05) is 12.4 Å². The Balaban J connectivity index is 2.76. The van der Waals surface area contributed by atoms with Crippen LogP contribution >= 0.6 is 0 Å². The van der Waals surface area contributed by atoms with Crippen molar-refractivity contribution in [2.24, 2.45) is 0 Å². The van der Waals surface area contributed by atoms with Crippen LogP contribution in [0.15, 0.2) is 18.6 Å². The first-order valence-corrected chi connectivity index (χ1v) is 4.22. The number of rotatable bonds is 2. The van der Waals surface area contributed by atoms with Gasteiger partial charge >= 0.3 is 0 Å². The molecule has 0 bridgehead atoms. The van der Waals surface area contributed by atoms with Crippen molar-refractivity contribution in [3.63, 3.8) is 0 Å². The van der Waals surface area contributed by atoms with Crippen molar-refractivity contribution in [3.8, 4) is 5.88 Å². The Hall–Kier alpha value is -1.58. The van der Waals surface area contributed by atoms with Gasteiger partial charge in [-0.05, 0) is 6.42 Å². The lowest BCUT2D eigenvalue weighted by molar-refractivity contribution is 0.400. The lowest BCUT2D eigenvalue weighted by Crippen LogP contribution is -1.94. The molecule has 0 aliphatic heterocycles. The molecule has 0 aliphatic rings. The van der Waals surface area contributed by atoms with Gasteiger partial charge in [0.25, 0.3) is 0 Å². The Kier molecular flexibility index (Phi) is 1.88. The molecule has 0 saturated carbocycles. The van der Waals surface area contributed by atoms with E-state index < -0.39 is 0 Å². The summed E-state index contributed by atoms with van der Waals surface area (Å²) in [5, 5.41) is 4.19. The van der Waals surface area contributed by atoms with Crippen LogP contribution in [0.2, 0.25) is 0 Å². The van der Waals surface area contributed by atoms with Gasteiger partial charge in [-0.1, -0.05) is 6.92 Å². The van der Waals surface area contributed by atoms with Crippen LogP contribution in [0.3, 0.4) is 0 Å². The highest BCUT2D eigenvalue weighted by molar-refractivity contribution is 5.61. The highest BCUT2D eigenvalue weighted by Gasteiger charge is 2.08. The molecule has 0 atom stereocenters. The van der Waals surface area contributed by atoms with Crippen LogP contribution in [-0.2, 0) is 6.42 Å². The minimum absolute atomic E-state index is 0.636. The lowest BCUT2D eigenvalue weighted by atomic mass is 10.2. The molecule has 0 aromatic carbocycles. The second kappa shape index (κ2) is 3.05. The van der Waals surface area contributed by atoms with Gasteiger partial charge in [0.15, 0.2) is 0 Å². The molecule has 0 aliphatic carbocycles. The molecule has 0 amide bonds. The molecule has 68 valence electrons. The zero-order valence-electron chi connectivity index (χ0n) is 7.69. The summed E-state index contributed by atoms with van der Waals surface area (Å²) >= 11 is 0. The summed E-state index contributed by atoms with van der Waals surface area (Å²) in [5.74, 6) is 0.636. The first kappa shape index (κ1) is 8.04. The zero-order chi connectivity index (χ0) is 9.26. The van der Waals surface area contributed by atoms with Crippen molar-refractivity contribution in [2.75, 3.05) is 7.11 Å². The average Bonchev–Trinajstić information content (AvgIpc) is 2.60. The number of aromatic nitrogens is 3. The fourth-order valence-corrected chi connectivity index (χ4v) is 1.38. The maximum Gasteiger partial charge on any atom is 0.240 e. The van der Waals surface area contributed by atoms with Crippen LogP contribution in [0.5, 0.6) is 5.88 Å². The zero-order valence-corrected chi connectivity index (χ0v) is 7.69. The molecule has 2 aromatic heterocycles. The Morgan fingerprint density at radius 2 is 2.38 bits per heavy atom. The fraction of sp³-hybridized carbons (Fsp3) is 0.333. The third-order valence-electron chi connectivity index (χ3n) is 2.05. The number of hydrogen-bond acceptors (Lipinski definition) is 3. The first-order chi connectivity index (χ1) is 6.36. The molecule has 4 heteroatoms. The molecule has 0 unspecified atom stereocenters. The molecule has 2 rings (SSSR count). The molecule has 0 radical (unpaired) electrons. The van der Waals surface area contributed by atoms with Gasteiger partial charge in [-0.2, -0.15) is 5.10 Å². The predicted octanol–water partition coefficient (Wildman–Crippen LogP) is 1.30. The fourth-order valence-electron chi connectivity index (χ4n) is 1.38. The average molecular weight is 177 g/mol. The van der Waals surface area contributed by atoms with E-state index in [0.29, 0.717) is 5.88 Å². The van der Waals surface area contributed by atoms with E-state index in [4.69, 9.17) is 4.74 Å². The molecule has 2 heterocycles. The van der Waals surface area contributed by atoms with E-state index in [2.05, 4.69) is 17.0 Å². The van der Waals surface area contributed by atoms with Gasteiger partial charge in [0.05, 0.1) is 13.3 Å². The van der Waals surface area contributed by atoms with Gasteiger partial charge in [0.2, 0.25) is 5.88 Å². The van der Waals surface area contributed by atoms with Gasteiger partial charge in [-0.3, -0.25) is 0 Å². The Morgan fingerprint density at radius 1 is 1.54 bits per heavy atom. The Morgan fingerprint density at radius 3 is 3.08 bits per heavy atom. The van der Waals surface area contributed by atoms with Gasteiger partial charge in [-0.25, -0.2) is 9.50 Å². The molecule has 2 aromatic rings. The van der Waals surface area contributed by atoms with Crippen molar-refractivity contribution in [2.45, 2.75) is 13.3 Å². The standard InChI is InChI=1S/C9H11N3O/c1-3-7-6-11-12-5-4-10-9(13-2)8(7)12/h4-6H,3H2,1-2H3. The third kappa shape index (κ3) is 1.14. The van der Waals surface area contributed by atoms with E-state index >= 15 is 0 Å². The topological polar surface area (TPSA) is 39.4 Å².